The van der Waals surface area contributed by atoms with Gasteiger partial charge in [0.15, 0.2) is 0 Å². The molecule has 20 heavy (non-hydrogen) atoms. The fourth-order valence-electron chi connectivity index (χ4n) is 2.14. The Morgan fingerprint density at radius 3 is 2.95 bits per heavy atom. The first kappa shape index (κ1) is 13.1. The minimum atomic E-state index is 0.769. The second kappa shape index (κ2) is 5.58. The van der Waals surface area contributed by atoms with Crippen molar-refractivity contribution >= 4 is 32.5 Å². The summed E-state index contributed by atoms with van der Waals surface area (Å²) >= 11 is 3.56. The summed E-state index contributed by atoms with van der Waals surface area (Å²) < 4.78 is 3.00. The highest BCUT2D eigenvalue weighted by Gasteiger charge is 2.05. The van der Waals surface area contributed by atoms with E-state index in [-0.39, 0.29) is 0 Å². The molecule has 6 heteroatoms. The zero-order valence-electron chi connectivity index (χ0n) is 11.0. The van der Waals surface area contributed by atoms with E-state index in [2.05, 4.69) is 42.5 Å². The van der Waals surface area contributed by atoms with Crippen molar-refractivity contribution in [3.05, 3.63) is 47.1 Å². The van der Waals surface area contributed by atoms with Crippen LogP contribution in [0, 0.1) is 0 Å². The average molecular weight is 332 g/mol. The quantitative estimate of drug-likeness (QED) is 0.798. The molecule has 0 spiro atoms. The van der Waals surface area contributed by atoms with Crippen LogP contribution in [0.25, 0.3) is 10.8 Å². The Morgan fingerprint density at radius 1 is 1.25 bits per heavy atom. The Kier molecular flexibility index (Phi) is 3.64. The highest BCUT2D eigenvalue weighted by Crippen LogP contribution is 2.27. The number of nitrogens with zero attached hydrogens (tertiary/aromatic N) is 4. The van der Waals surface area contributed by atoms with Crippen LogP contribution in [0.4, 0.5) is 5.82 Å². The van der Waals surface area contributed by atoms with Gasteiger partial charge in [-0.2, -0.15) is 0 Å². The summed E-state index contributed by atoms with van der Waals surface area (Å²) in [6, 6.07) is 8.12. The summed E-state index contributed by atoms with van der Waals surface area (Å²) in [5.41, 5.74) is 0. The van der Waals surface area contributed by atoms with Gasteiger partial charge in [0, 0.05) is 41.5 Å². The number of benzene rings is 1. The maximum Gasteiger partial charge on any atom is 0.134 e. The molecule has 102 valence electrons. The third-order valence-corrected chi connectivity index (χ3v) is 3.89. The number of fused-ring (bicyclic) bond motifs is 1. The van der Waals surface area contributed by atoms with E-state index in [1.807, 2.05) is 36.0 Å². The third kappa shape index (κ3) is 2.51. The second-order valence-electron chi connectivity index (χ2n) is 4.53. The van der Waals surface area contributed by atoms with Crippen molar-refractivity contribution in [2.24, 2.45) is 7.05 Å². The predicted molar refractivity (Wildman–Crippen MR) is 82.6 cm³/mol. The monoisotopic (exact) mass is 331 g/mol. The Hall–Kier alpha value is -1.95. The smallest absolute Gasteiger partial charge is 0.134 e. The molecule has 0 aliphatic heterocycles. The molecule has 2 aromatic heterocycles. The summed E-state index contributed by atoms with van der Waals surface area (Å²) in [5.74, 6) is 1.85. The molecule has 0 saturated heterocycles. The van der Waals surface area contributed by atoms with E-state index in [0.717, 1.165) is 39.9 Å². The molecule has 3 rings (SSSR count). The molecule has 2 heterocycles. The van der Waals surface area contributed by atoms with E-state index in [1.165, 1.54) is 0 Å². The molecule has 0 radical (unpaired) electrons. The minimum Gasteiger partial charge on any atom is -0.369 e. The van der Waals surface area contributed by atoms with Gasteiger partial charge in [-0.25, -0.2) is 4.98 Å². The predicted octanol–water partition coefficient (Wildman–Crippen LogP) is 2.78. The lowest BCUT2D eigenvalue weighted by molar-refractivity contribution is 0.788. The molecule has 0 saturated carbocycles. The zero-order chi connectivity index (χ0) is 13.9. The number of hydrogen-bond acceptors (Lipinski definition) is 4. The molecule has 0 aliphatic rings. The molecule has 0 atom stereocenters. The van der Waals surface area contributed by atoms with E-state index < -0.39 is 0 Å². The first-order valence-electron chi connectivity index (χ1n) is 6.35. The van der Waals surface area contributed by atoms with Crippen LogP contribution in [0.2, 0.25) is 0 Å². The summed E-state index contributed by atoms with van der Waals surface area (Å²) in [5, 5.41) is 13.6. The van der Waals surface area contributed by atoms with E-state index >= 15 is 0 Å². The van der Waals surface area contributed by atoms with Crippen LogP contribution in [0.15, 0.2) is 41.3 Å². The highest BCUT2D eigenvalue weighted by atomic mass is 79.9. The van der Waals surface area contributed by atoms with Crippen LogP contribution in [-0.2, 0) is 13.5 Å². The molecule has 0 aliphatic carbocycles. The molecule has 5 nitrogen and oxygen atoms in total. The second-order valence-corrected chi connectivity index (χ2v) is 5.38. The highest BCUT2D eigenvalue weighted by molar-refractivity contribution is 9.10. The van der Waals surface area contributed by atoms with E-state index in [9.17, 15) is 0 Å². The standard InChI is InChI=1S/C14H14BrN5/c1-20-9-18-19-13(20)6-8-17-14-11-3-2-4-12(15)10(11)5-7-16-14/h2-5,7,9H,6,8H2,1H3,(H,16,17). The van der Waals surface area contributed by atoms with Crippen molar-refractivity contribution in [1.82, 2.24) is 19.7 Å². The molecular formula is C14H14BrN5. The lowest BCUT2D eigenvalue weighted by atomic mass is 10.1. The van der Waals surface area contributed by atoms with Gasteiger partial charge in [-0.05, 0) is 12.1 Å². The topological polar surface area (TPSA) is 55.6 Å². The molecule has 0 unspecified atom stereocenters. The summed E-state index contributed by atoms with van der Waals surface area (Å²) in [6.07, 6.45) is 4.34. The first-order chi connectivity index (χ1) is 9.75. The van der Waals surface area contributed by atoms with Gasteiger partial charge in [-0.1, -0.05) is 28.1 Å². The Bertz CT molecular complexity index is 737. The van der Waals surface area contributed by atoms with Crippen molar-refractivity contribution in [3.8, 4) is 0 Å². The molecule has 3 aromatic rings. The van der Waals surface area contributed by atoms with E-state index in [4.69, 9.17) is 0 Å². The van der Waals surface area contributed by atoms with Crippen molar-refractivity contribution in [3.63, 3.8) is 0 Å². The van der Waals surface area contributed by atoms with Gasteiger partial charge in [0.25, 0.3) is 0 Å². The van der Waals surface area contributed by atoms with Gasteiger partial charge in [0.05, 0.1) is 0 Å². The lowest BCUT2D eigenvalue weighted by Gasteiger charge is -2.09. The number of nitrogens with one attached hydrogen (secondary N) is 1. The Morgan fingerprint density at radius 2 is 2.15 bits per heavy atom. The van der Waals surface area contributed by atoms with Crippen LogP contribution in [0.5, 0.6) is 0 Å². The normalized spacial score (nSPS) is 10.9. The lowest BCUT2D eigenvalue weighted by Crippen LogP contribution is -2.09. The van der Waals surface area contributed by atoms with Crippen LogP contribution >= 0.6 is 15.9 Å². The Labute approximate surface area is 125 Å². The summed E-state index contributed by atoms with van der Waals surface area (Å²) in [6.45, 7) is 0.769. The van der Waals surface area contributed by atoms with Crippen LogP contribution in [0.1, 0.15) is 5.82 Å². The molecule has 1 aromatic carbocycles. The summed E-state index contributed by atoms with van der Waals surface area (Å²) in [7, 11) is 1.95. The molecule has 1 N–H and O–H groups in total. The van der Waals surface area contributed by atoms with Crippen molar-refractivity contribution in [1.29, 1.82) is 0 Å². The number of halogens is 1. The van der Waals surface area contributed by atoms with E-state index in [1.54, 1.807) is 6.33 Å². The van der Waals surface area contributed by atoms with Crippen molar-refractivity contribution < 1.29 is 0 Å². The van der Waals surface area contributed by atoms with Gasteiger partial charge < -0.3 is 9.88 Å². The van der Waals surface area contributed by atoms with Crippen LogP contribution < -0.4 is 5.32 Å². The molecule has 0 fully saturated rings. The van der Waals surface area contributed by atoms with Gasteiger partial charge >= 0.3 is 0 Å². The van der Waals surface area contributed by atoms with Crippen LogP contribution in [-0.4, -0.2) is 26.3 Å². The fraction of sp³-hybridized carbons (Fsp3) is 0.214. The maximum absolute atomic E-state index is 4.41. The fourth-order valence-corrected chi connectivity index (χ4v) is 2.63. The van der Waals surface area contributed by atoms with Gasteiger partial charge in [-0.15, -0.1) is 10.2 Å². The number of anilines is 1. The zero-order valence-corrected chi connectivity index (χ0v) is 12.6. The molecular weight excluding hydrogens is 318 g/mol. The van der Waals surface area contributed by atoms with E-state index in [0.29, 0.717) is 0 Å². The Balaban J connectivity index is 1.78. The minimum absolute atomic E-state index is 0.769. The number of rotatable bonds is 4. The average Bonchev–Trinajstić information content (AvgIpc) is 2.86. The summed E-state index contributed by atoms with van der Waals surface area (Å²) in [4.78, 5) is 4.41. The maximum atomic E-state index is 4.41. The van der Waals surface area contributed by atoms with Gasteiger partial charge in [-0.3, -0.25) is 0 Å². The number of hydrogen-bond donors (Lipinski definition) is 1. The van der Waals surface area contributed by atoms with Crippen LogP contribution in [0.3, 0.4) is 0 Å². The van der Waals surface area contributed by atoms with Gasteiger partial charge in [0.2, 0.25) is 0 Å². The molecule has 0 amide bonds. The number of aromatic nitrogens is 4. The number of pyridine rings is 1. The number of aryl methyl sites for hydroxylation is 1. The molecule has 0 bridgehead atoms. The van der Waals surface area contributed by atoms with Crippen molar-refractivity contribution in [2.45, 2.75) is 6.42 Å². The largest absolute Gasteiger partial charge is 0.369 e. The van der Waals surface area contributed by atoms with Gasteiger partial charge in [0.1, 0.15) is 18.0 Å². The SMILES string of the molecule is Cn1cnnc1CCNc1nccc2c(Br)cccc12. The first-order valence-corrected chi connectivity index (χ1v) is 7.15. The van der Waals surface area contributed by atoms with Crippen molar-refractivity contribution in [2.75, 3.05) is 11.9 Å². The third-order valence-electron chi connectivity index (χ3n) is 3.20.